The predicted molar refractivity (Wildman–Crippen MR) is 60.3 cm³/mol. The molecule has 2 heteroatoms. The Labute approximate surface area is 89.4 Å². The quantitative estimate of drug-likeness (QED) is 0.486. The Balaban J connectivity index is 2.00. The molecule has 1 unspecified atom stereocenters. The highest BCUT2D eigenvalue weighted by molar-refractivity contribution is 14.1. The van der Waals surface area contributed by atoms with Crippen LogP contribution in [-0.2, 0) is 0 Å². The molecule has 0 aromatic carbocycles. The maximum Gasteiger partial charge on any atom is 0.0201 e. The van der Waals surface area contributed by atoms with Gasteiger partial charge < -0.3 is 0 Å². The van der Waals surface area contributed by atoms with Gasteiger partial charge in [-0.2, -0.15) is 0 Å². The van der Waals surface area contributed by atoms with Gasteiger partial charge in [0.05, 0.1) is 0 Å². The summed E-state index contributed by atoms with van der Waals surface area (Å²) in [6.07, 6.45) is 7.39. The molecule has 2 rings (SSSR count). The van der Waals surface area contributed by atoms with Crippen LogP contribution in [0.5, 0.6) is 0 Å². The molecule has 70 valence electrons. The lowest BCUT2D eigenvalue weighted by Crippen LogP contribution is -2.36. The van der Waals surface area contributed by atoms with Gasteiger partial charge in [-0.1, -0.05) is 13.3 Å². The van der Waals surface area contributed by atoms with E-state index in [1.165, 1.54) is 45.2 Å². The van der Waals surface area contributed by atoms with E-state index in [9.17, 15) is 0 Å². The van der Waals surface area contributed by atoms with E-state index in [0.29, 0.717) is 0 Å². The van der Waals surface area contributed by atoms with Crippen molar-refractivity contribution >= 4 is 22.9 Å². The molecule has 1 aliphatic heterocycles. The molecular weight excluding hydrogens is 261 g/mol. The average Bonchev–Trinajstić information content (AvgIpc) is 2.32. The van der Waals surface area contributed by atoms with Crippen molar-refractivity contribution in [1.29, 1.82) is 0 Å². The fraction of sp³-hybridized carbons (Fsp3) is 1.00. The van der Waals surface area contributed by atoms with Crippen LogP contribution in [0.15, 0.2) is 0 Å². The Morgan fingerprint density at radius 1 is 1.42 bits per heavy atom. The van der Waals surface area contributed by atoms with Gasteiger partial charge in [0.25, 0.3) is 0 Å². The number of halogens is 1. The number of nitrogens with zero attached hydrogens (tertiary/aromatic N) is 1. The highest BCUT2D eigenvalue weighted by atomic mass is 127. The van der Waals surface area contributed by atoms with Crippen molar-refractivity contribution in [3.05, 3.63) is 0 Å². The number of hydrogen-bond donors (Lipinski definition) is 0. The molecule has 0 radical (unpaired) electrons. The van der Waals surface area contributed by atoms with E-state index in [4.69, 9.17) is 0 Å². The monoisotopic (exact) mass is 279 g/mol. The zero-order valence-corrected chi connectivity index (χ0v) is 10.0. The van der Waals surface area contributed by atoms with Gasteiger partial charge in [0.1, 0.15) is 0 Å². The molecule has 1 spiro atoms. The van der Waals surface area contributed by atoms with Crippen LogP contribution in [0.2, 0.25) is 0 Å². The van der Waals surface area contributed by atoms with Crippen LogP contribution in [0.1, 0.15) is 39.0 Å². The maximum atomic E-state index is 2.50. The summed E-state index contributed by atoms with van der Waals surface area (Å²) < 4.78 is 2.50. The lowest BCUT2D eigenvalue weighted by atomic mass is 9.79. The Bertz CT molecular complexity index is 167. The second-order valence-corrected chi connectivity index (χ2v) is 6.16. The van der Waals surface area contributed by atoms with E-state index in [1.54, 1.807) is 0 Å². The van der Waals surface area contributed by atoms with Gasteiger partial charge in [-0.05, 0) is 37.0 Å². The van der Waals surface area contributed by atoms with Gasteiger partial charge in [-0.15, -0.1) is 0 Å². The van der Waals surface area contributed by atoms with Crippen molar-refractivity contribution in [2.75, 3.05) is 13.1 Å². The molecular formula is C10H18IN. The van der Waals surface area contributed by atoms with Gasteiger partial charge in [0.2, 0.25) is 0 Å². The van der Waals surface area contributed by atoms with Crippen LogP contribution in [0.4, 0.5) is 0 Å². The van der Waals surface area contributed by atoms with E-state index >= 15 is 0 Å². The Morgan fingerprint density at radius 3 is 2.83 bits per heavy atom. The van der Waals surface area contributed by atoms with Crippen molar-refractivity contribution in [2.45, 2.75) is 39.0 Å². The smallest absolute Gasteiger partial charge is 0.0201 e. The number of hydrogen-bond acceptors (Lipinski definition) is 1. The van der Waals surface area contributed by atoms with Crippen molar-refractivity contribution in [1.82, 2.24) is 3.11 Å². The van der Waals surface area contributed by atoms with Crippen LogP contribution >= 0.6 is 22.9 Å². The molecule has 2 fully saturated rings. The van der Waals surface area contributed by atoms with Crippen LogP contribution < -0.4 is 0 Å². The second-order valence-electron chi connectivity index (χ2n) is 4.80. The zero-order chi connectivity index (χ0) is 8.60. The third-order valence-corrected chi connectivity index (χ3v) is 4.39. The molecule has 2 aliphatic rings. The van der Waals surface area contributed by atoms with Crippen LogP contribution in [0.3, 0.4) is 0 Å². The molecule has 1 saturated heterocycles. The minimum atomic E-state index is 0.735. The normalized spacial score (nSPS) is 44.0. The Hall–Kier alpha value is 0.690. The van der Waals surface area contributed by atoms with Crippen molar-refractivity contribution in [2.24, 2.45) is 11.3 Å². The lowest BCUT2D eigenvalue weighted by Gasteiger charge is -2.37. The van der Waals surface area contributed by atoms with Crippen LogP contribution in [0, 0.1) is 11.3 Å². The molecule has 2 atom stereocenters. The van der Waals surface area contributed by atoms with Gasteiger partial charge in [-0.3, -0.25) is 0 Å². The van der Waals surface area contributed by atoms with Crippen molar-refractivity contribution < 1.29 is 0 Å². The van der Waals surface area contributed by atoms with E-state index in [0.717, 1.165) is 11.3 Å². The van der Waals surface area contributed by atoms with Crippen molar-refractivity contribution in [3.8, 4) is 0 Å². The molecule has 0 bridgehead atoms. The summed E-state index contributed by atoms with van der Waals surface area (Å²) in [6, 6.07) is 0. The first kappa shape index (κ1) is 9.25. The zero-order valence-electron chi connectivity index (χ0n) is 7.85. The van der Waals surface area contributed by atoms with Gasteiger partial charge in [-0.25, -0.2) is 3.11 Å². The van der Waals surface area contributed by atoms with Gasteiger partial charge >= 0.3 is 0 Å². The van der Waals surface area contributed by atoms with E-state index in [1.807, 2.05) is 0 Å². The Morgan fingerprint density at radius 2 is 2.25 bits per heavy atom. The minimum Gasteiger partial charge on any atom is -0.247 e. The summed E-state index contributed by atoms with van der Waals surface area (Å²) >= 11 is 2.50. The summed E-state index contributed by atoms with van der Waals surface area (Å²) in [7, 11) is 0. The van der Waals surface area contributed by atoms with E-state index < -0.39 is 0 Å². The summed E-state index contributed by atoms with van der Waals surface area (Å²) in [5.74, 6) is 0.993. The lowest BCUT2D eigenvalue weighted by molar-refractivity contribution is 0.167. The maximum absolute atomic E-state index is 2.50. The standard InChI is InChI=1S/C10H18IN/c1-9-3-5-10(7-9)4-2-6-12(11)8-10/h9H,2-8H2,1H3/t9?,10-/m1/s1. The molecule has 0 amide bonds. The highest BCUT2D eigenvalue weighted by Crippen LogP contribution is 2.47. The minimum absolute atomic E-state index is 0.735. The third kappa shape index (κ3) is 1.79. The molecule has 1 aliphatic carbocycles. The van der Waals surface area contributed by atoms with Crippen LogP contribution in [-0.4, -0.2) is 16.2 Å². The van der Waals surface area contributed by atoms with Gasteiger partial charge in [0.15, 0.2) is 0 Å². The topological polar surface area (TPSA) is 3.24 Å². The molecule has 0 N–H and O–H groups in total. The third-order valence-electron chi connectivity index (χ3n) is 3.56. The summed E-state index contributed by atoms with van der Waals surface area (Å²) in [4.78, 5) is 0. The predicted octanol–water partition coefficient (Wildman–Crippen LogP) is 3.24. The fourth-order valence-electron chi connectivity index (χ4n) is 3.01. The molecule has 1 saturated carbocycles. The first-order valence-electron chi connectivity index (χ1n) is 5.11. The van der Waals surface area contributed by atoms with E-state index in [2.05, 4.69) is 32.9 Å². The number of rotatable bonds is 0. The fourth-order valence-corrected chi connectivity index (χ4v) is 4.08. The molecule has 1 heterocycles. The molecule has 12 heavy (non-hydrogen) atoms. The van der Waals surface area contributed by atoms with Gasteiger partial charge in [0, 0.05) is 36.0 Å². The Kier molecular flexibility index (Phi) is 2.66. The van der Waals surface area contributed by atoms with E-state index in [-0.39, 0.29) is 0 Å². The molecule has 0 aromatic heterocycles. The largest absolute Gasteiger partial charge is 0.247 e. The average molecular weight is 279 g/mol. The summed E-state index contributed by atoms with van der Waals surface area (Å²) in [5, 5.41) is 0. The number of piperidine rings is 1. The summed E-state index contributed by atoms with van der Waals surface area (Å²) in [6.45, 7) is 5.09. The first-order valence-corrected chi connectivity index (χ1v) is 6.07. The van der Waals surface area contributed by atoms with Crippen LogP contribution in [0.25, 0.3) is 0 Å². The second kappa shape index (κ2) is 3.45. The first-order chi connectivity index (χ1) is 5.70. The molecule has 1 nitrogen and oxygen atoms in total. The SMILES string of the molecule is CC1CC[C@]2(CCCN(I)C2)C1. The van der Waals surface area contributed by atoms with Crippen molar-refractivity contribution in [3.63, 3.8) is 0 Å². The highest BCUT2D eigenvalue weighted by Gasteiger charge is 2.39. The molecule has 0 aromatic rings. The summed E-state index contributed by atoms with van der Waals surface area (Å²) in [5.41, 5.74) is 0.735.